The maximum absolute atomic E-state index is 12.3. The Kier molecular flexibility index (Phi) is 4.11. The van der Waals surface area contributed by atoms with Crippen molar-refractivity contribution in [3.05, 3.63) is 30.3 Å². The summed E-state index contributed by atoms with van der Waals surface area (Å²) in [5.74, 6) is -2.54. The lowest BCUT2D eigenvalue weighted by molar-refractivity contribution is -0.150. The Labute approximate surface area is 107 Å². The van der Waals surface area contributed by atoms with Crippen LogP contribution >= 0.6 is 0 Å². The number of aliphatic carboxylic acids is 1. The number of carboxylic acid groups (broad SMARTS) is 1. The minimum absolute atomic E-state index is 0.402. The summed E-state index contributed by atoms with van der Waals surface area (Å²) in [7, 11) is 1.60. The first-order valence-corrected chi connectivity index (χ1v) is 5.80. The van der Waals surface area contributed by atoms with Crippen molar-refractivity contribution in [3.63, 3.8) is 0 Å². The molecule has 18 heavy (non-hydrogen) atoms. The molecular weight excluding hydrogens is 230 g/mol. The molecule has 1 N–H and O–H groups in total. The van der Waals surface area contributed by atoms with Gasteiger partial charge in [0.1, 0.15) is 5.92 Å². The van der Waals surface area contributed by atoms with Crippen molar-refractivity contribution in [2.75, 3.05) is 11.9 Å². The van der Waals surface area contributed by atoms with Crippen molar-refractivity contribution in [2.45, 2.75) is 20.8 Å². The summed E-state index contributed by atoms with van der Waals surface area (Å²) >= 11 is 0. The van der Waals surface area contributed by atoms with Crippen LogP contribution in [0.4, 0.5) is 5.69 Å². The molecule has 1 amide bonds. The summed E-state index contributed by atoms with van der Waals surface area (Å²) in [6.07, 6.45) is 0. The van der Waals surface area contributed by atoms with Crippen LogP contribution in [0, 0.1) is 11.3 Å². The lowest BCUT2D eigenvalue weighted by Gasteiger charge is -2.29. The zero-order valence-electron chi connectivity index (χ0n) is 11.2. The fourth-order valence-corrected chi connectivity index (χ4v) is 1.82. The topological polar surface area (TPSA) is 57.6 Å². The van der Waals surface area contributed by atoms with E-state index in [1.165, 1.54) is 4.90 Å². The molecule has 0 fully saturated rings. The maximum Gasteiger partial charge on any atom is 0.316 e. The van der Waals surface area contributed by atoms with Crippen molar-refractivity contribution in [1.82, 2.24) is 0 Å². The van der Waals surface area contributed by atoms with Crippen LogP contribution in [0.25, 0.3) is 0 Å². The molecule has 0 saturated carbocycles. The minimum Gasteiger partial charge on any atom is -0.481 e. The number of carbonyl (C=O) groups is 2. The van der Waals surface area contributed by atoms with Gasteiger partial charge in [-0.15, -0.1) is 0 Å². The molecule has 4 heteroatoms. The normalized spacial score (nSPS) is 12.9. The lowest BCUT2D eigenvalue weighted by atomic mass is 9.80. The van der Waals surface area contributed by atoms with Gasteiger partial charge < -0.3 is 10.0 Å². The highest BCUT2D eigenvalue weighted by atomic mass is 16.4. The van der Waals surface area contributed by atoms with E-state index in [-0.39, 0.29) is 0 Å². The van der Waals surface area contributed by atoms with E-state index < -0.39 is 23.2 Å². The predicted octanol–water partition coefficient (Wildman–Crippen LogP) is 2.40. The Morgan fingerprint density at radius 2 is 1.67 bits per heavy atom. The quantitative estimate of drug-likeness (QED) is 0.837. The minimum atomic E-state index is -1.09. The van der Waals surface area contributed by atoms with E-state index in [1.54, 1.807) is 40.0 Å². The van der Waals surface area contributed by atoms with Crippen molar-refractivity contribution in [3.8, 4) is 0 Å². The van der Waals surface area contributed by atoms with Crippen LogP contribution in [0.2, 0.25) is 0 Å². The number of benzene rings is 1. The van der Waals surface area contributed by atoms with Gasteiger partial charge in [0.05, 0.1) is 0 Å². The Morgan fingerprint density at radius 3 is 2.06 bits per heavy atom. The third-order valence-electron chi connectivity index (χ3n) is 2.83. The number of amides is 1. The Hall–Kier alpha value is -1.84. The SMILES string of the molecule is CN(C(=O)C(C(=O)O)C(C)(C)C)c1ccccc1. The first kappa shape index (κ1) is 14.2. The molecule has 1 aromatic rings. The highest BCUT2D eigenvalue weighted by Gasteiger charge is 2.39. The summed E-state index contributed by atoms with van der Waals surface area (Å²) in [6.45, 7) is 5.26. The van der Waals surface area contributed by atoms with E-state index >= 15 is 0 Å². The largest absolute Gasteiger partial charge is 0.481 e. The zero-order valence-corrected chi connectivity index (χ0v) is 11.2. The van der Waals surface area contributed by atoms with Gasteiger partial charge in [0.2, 0.25) is 5.91 Å². The predicted molar refractivity (Wildman–Crippen MR) is 70.4 cm³/mol. The number of hydrogen-bond donors (Lipinski definition) is 1. The maximum atomic E-state index is 12.3. The fraction of sp³-hybridized carbons (Fsp3) is 0.429. The smallest absolute Gasteiger partial charge is 0.316 e. The number of hydrogen-bond acceptors (Lipinski definition) is 2. The third kappa shape index (κ3) is 3.09. The molecule has 0 spiro atoms. The molecule has 0 radical (unpaired) electrons. The number of anilines is 1. The molecule has 0 saturated heterocycles. The van der Waals surface area contributed by atoms with Crippen LogP contribution in [0.15, 0.2) is 30.3 Å². The monoisotopic (exact) mass is 249 g/mol. The summed E-state index contributed by atoms with van der Waals surface area (Å²) in [4.78, 5) is 24.9. The second-order valence-corrected chi connectivity index (χ2v) is 5.37. The summed E-state index contributed by atoms with van der Waals surface area (Å²) < 4.78 is 0. The van der Waals surface area contributed by atoms with E-state index in [9.17, 15) is 14.7 Å². The second-order valence-electron chi connectivity index (χ2n) is 5.37. The zero-order chi connectivity index (χ0) is 13.9. The average Bonchev–Trinajstić information content (AvgIpc) is 2.26. The summed E-state index contributed by atoms with van der Waals surface area (Å²) in [6, 6.07) is 9.02. The standard InChI is InChI=1S/C14H19NO3/c1-14(2,3)11(13(17)18)12(16)15(4)10-8-6-5-7-9-10/h5-9,11H,1-4H3,(H,17,18). The molecule has 0 aliphatic rings. The third-order valence-corrected chi connectivity index (χ3v) is 2.83. The van der Waals surface area contributed by atoms with Crippen LogP contribution < -0.4 is 4.90 Å². The van der Waals surface area contributed by atoms with Gasteiger partial charge in [0, 0.05) is 12.7 Å². The van der Waals surface area contributed by atoms with Crippen LogP contribution in [0.1, 0.15) is 20.8 Å². The summed E-state index contributed by atoms with van der Waals surface area (Å²) in [5.41, 5.74) is 0.0735. The number of carboxylic acids is 1. The van der Waals surface area contributed by atoms with E-state index in [1.807, 2.05) is 18.2 Å². The van der Waals surface area contributed by atoms with Gasteiger partial charge >= 0.3 is 5.97 Å². The highest BCUT2D eigenvalue weighted by Crippen LogP contribution is 2.29. The van der Waals surface area contributed by atoms with Crippen LogP contribution in [-0.2, 0) is 9.59 Å². The molecule has 0 aromatic heterocycles. The number of rotatable bonds is 3. The first-order chi connectivity index (χ1) is 8.25. The van der Waals surface area contributed by atoms with Crippen LogP contribution in [-0.4, -0.2) is 24.0 Å². The molecule has 98 valence electrons. The first-order valence-electron chi connectivity index (χ1n) is 5.80. The highest BCUT2D eigenvalue weighted by molar-refractivity contribution is 6.05. The molecule has 0 aliphatic heterocycles. The van der Waals surface area contributed by atoms with Crippen molar-refractivity contribution < 1.29 is 14.7 Å². The van der Waals surface area contributed by atoms with Gasteiger partial charge in [-0.3, -0.25) is 9.59 Å². The van der Waals surface area contributed by atoms with Crippen molar-refractivity contribution in [2.24, 2.45) is 11.3 Å². The lowest BCUT2D eigenvalue weighted by Crippen LogP contribution is -2.43. The van der Waals surface area contributed by atoms with E-state index in [2.05, 4.69) is 0 Å². The fourth-order valence-electron chi connectivity index (χ4n) is 1.82. The molecule has 4 nitrogen and oxygen atoms in total. The van der Waals surface area contributed by atoms with E-state index in [0.717, 1.165) is 0 Å². The molecule has 1 aromatic carbocycles. The van der Waals surface area contributed by atoms with Crippen LogP contribution in [0.3, 0.4) is 0 Å². The molecule has 0 heterocycles. The van der Waals surface area contributed by atoms with Gasteiger partial charge in [-0.1, -0.05) is 39.0 Å². The molecule has 1 atom stereocenters. The van der Waals surface area contributed by atoms with Crippen molar-refractivity contribution in [1.29, 1.82) is 0 Å². The molecular formula is C14H19NO3. The molecule has 0 bridgehead atoms. The number of nitrogens with zero attached hydrogens (tertiary/aromatic N) is 1. The number of carbonyl (C=O) groups excluding carboxylic acids is 1. The van der Waals surface area contributed by atoms with Gasteiger partial charge in [0.25, 0.3) is 0 Å². The average molecular weight is 249 g/mol. The van der Waals surface area contributed by atoms with Gasteiger partial charge in [-0.2, -0.15) is 0 Å². The Morgan fingerprint density at radius 1 is 1.17 bits per heavy atom. The summed E-state index contributed by atoms with van der Waals surface area (Å²) in [5, 5.41) is 9.23. The Balaban J connectivity index is 3.02. The molecule has 1 rings (SSSR count). The Bertz CT molecular complexity index is 434. The molecule has 1 unspecified atom stereocenters. The van der Waals surface area contributed by atoms with Crippen LogP contribution in [0.5, 0.6) is 0 Å². The second kappa shape index (κ2) is 5.21. The van der Waals surface area contributed by atoms with Gasteiger partial charge in [-0.05, 0) is 17.5 Å². The van der Waals surface area contributed by atoms with Gasteiger partial charge in [0.15, 0.2) is 0 Å². The van der Waals surface area contributed by atoms with E-state index in [4.69, 9.17) is 0 Å². The van der Waals surface area contributed by atoms with E-state index in [0.29, 0.717) is 5.69 Å². The van der Waals surface area contributed by atoms with Gasteiger partial charge in [-0.25, -0.2) is 0 Å². The van der Waals surface area contributed by atoms with Crippen molar-refractivity contribution >= 4 is 17.6 Å². The number of para-hydroxylation sites is 1. The molecule has 0 aliphatic carbocycles.